The SMILES string of the molecule is COc1ccc(C(N)=O)cc1NC(=O)c1cc(-c2ccccc2)nc2c1cnn2Cc1ccccc1. The van der Waals surface area contributed by atoms with Crippen LogP contribution in [0.25, 0.3) is 22.3 Å². The van der Waals surface area contributed by atoms with Gasteiger partial charge < -0.3 is 15.8 Å². The molecule has 0 spiro atoms. The van der Waals surface area contributed by atoms with Crippen molar-refractivity contribution in [2.75, 3.05) is 12.4 Å². The summed E-state index contributed by atoms with van der Waals surface area (Å²) in [4.78, 5) is 30.1. The second kappa shape index (κ2) is 9.71. The van der Waals surface area contributed by atoms with Crippen LogP contribution in [0.15, 0.2) is 91.1 Å². The smallest absolute Gasteiger partial charge is 0.256 e. The Morgan fingerprint density at radius 1 is 0.972 bits per heavy atom. The first kappa shape index (κ1) is 22.8. The fourth-order valence-corrected chi connectivity index (χ4v) is 4.01. The maximum Gasteiger partial charge on any atom is 0.256 e. The second-order valence-corrected chi connectivity index (χ2v) is 8.18. The second-order valence-electron chi connectivity index (χ2n) is 8.18. The number of hydrogen-bond acceptors (Lipinski definition) is 5. The predicted octanol–water partition coefficient (Wildman–Crippen LogP) is 4.51. The number of nitrogens with one attached hydrogen (secondary N) is 1. The Hall–Kier alpha value is -4.98. The fraction of sp³-hybridized carbons (Fsp3) is 0.0714. The van der Waals surface area contributed by atoms with E-state index in [-0.39, 0.29) is 5.56 Å². The quantitative estimate of drug-likeness (QED) is 0.358. The lowest BCUT2D eigenvalue weighted by atomic mass is 10.1. The summed E-state index contributed by atoms with van der Waals surface area (Å²) in [6.07, 6.45) is 1.64. The van der Waals surface area contributed by atoms with Crippen molar-refractivity contribution in [3.05, 3.63) is 108 Å². The molecule has 0 fully saturated rings. The van der Waals surface area contributed by atoms with E-state index in [9.17, 15) is 9.59 Å². The Morgan fingerprint density at radius 3 is 2.39 bits per heavy atom. The minimum absolute atomic E-state index is 0.256. The third-order valence-corrected chi connectivity index (χ3v) is 5.83. The summed E-state index contributed by atoms with van der Waals surface area (Å²) < 4.78 is 7.15. The van der Waals surface area contributed by atoms with Gasteiger partial charge >= 0.3 is 0 Å². The van der Waals surface area contributed by atoms with Crippen LogP contribution in [0.2, 0.25) is 0 Å². The molecule has 0 aliphatic rings. The van der Waals surface area contributed by atoms with Crippen molar-refractivity contribution in [2.45, 2.75) is 6.54 Å². The number of anilines is 1. The summed E-state index contributed by atoms with van der Waals surface area (Å²) in [5.74, 6) is -0.589. The van der Waals surface area contributed by atoms with Gasteiger partial charge in [-0.1, -0.05) is 60.7 Å². The van der Waals surface area contributed by atoms with Gasteiger partial charge in [-0.2, -0.15) is 5.10 Å². The summed E-state index contributed by atoms with van der Waals surface area (Å²) in [6.45, 7) is 0.505. The van der Waals surface area contributed by atoms with E-state index in [1.165, 1.54) is 13.2 Å². The molecule has 5 rings (SSSR count). The highest BCUT2D eigenvalue weighted by atomic mass is 16.5. The minimum Gasteiger partial charge on any atom is -0.495 e. The van der Waals surface area contributed by atoms with Crippen molar-refractivity contribution in [3.8, 4) is 17.0 Å². The number of aromatic nitrogens is 3. The number of ether oxygens (including phenoxy) is 1. The number of primary amides is 1. The summed E-state index contributed by atoms with van der Waals surface area (Å²) in [7, 11) is 1.49. The van der Waals surface area contributed by atoms with E-state index in [1.54, 1.807) is 29.1 Å². The molecule has 0 aliphatic heterocycles. The topological polar surface area (TPSA) is 112 Å². The van der Waals surface area contributed by atoms with Gasteiger partial charge in [0.2, 0.25) is 5.91 Å². The van der Waals surface area contributed by atoms with Crippen LogP contribution >= 0.6 is 0 Å². The van der Waals surface area contributed by atoms with E-state index >= 15 is 0 Å². The molecular weight excluding hydrogens is 454 g/mol. The number of carbonyl (C=O) groups excluding carboxylic acids is 2. The molecule has 0 atom stereocenters. The highest BCUT2D eigenvalue weighted by molar-refractivity contribution is 6.13. The van der Waals surface area contributed by atoms with Gasteiger partial charge in [-0.3, -0.25) is 9.59 Å². The Bertz CT molecular complexity index is 1560. The number of fused-ring (bicyclic) bond motifs is 1. The van der Waals surface area contributed by atoms with E-state index in [1.807, 2.05) is 60.7 Å². The minimum atomic E-state index is -0.604. The summed E-state index contributed by atoms with van der Waals surface area (Å²) in [5.41, 5.74) is 9.57. The predicted molar refractivity (Wildman–Crippen MR) is 138 cm³/mol. The zero-order valence-electron chi connectivity index (χ0n) is 19.5. The monoisotopic (exact) mass is 477 g/mol. The van der Waals surface area contributed by atoms with E-state index in [4.69, 9.17) is 15.5 Å². The number of methoxy groups -OCH3 is 1. The highest BCUT2D eigenvalue weighted by Gasteiger charge is 2.19. The molecule has 5 aromatic rings. The lowest BCUT2D eigenvalue weighted by Gasteiger charge is -2.13. The molecular formula is C28H23N5O3. The lowest BCUT2D eigenvalue weighted by molar-refractivity contribution is 0.0996. The van der Waals surface area contributed by atoms with Gasteiger partial charge in [-0.05, 0) is 29.8 Å². The van der Waals surface area contributed by atoms with Gasteiger partial charge in [0.1, 0.15) is 5.75 Å². The summed E-state index contributed by atoms with van der Waals surface area (Å²) >= 11 is 0. The normalized spacial score (nSPS) is 10.8. The molecule has 2 aromatic heterocycles. The molecule has 36 heavy (non-hydrogen) atoms. The molecule has 0 aliphatic carbocycles. The number of hydrogen-bond donors (Lipinski definition) is 2. The Kier molecular flexibility index (Phi) is 6.15. The number of nitrogens with two attached hydrogens (primary N) is 1. The summed E-state index contributed by atoms with van der Waals surface area (Å²) in [6, 6.07) is 25.9. The van der Waals surface area contributed by atoms with Gasteiger partial charge in [0, 0.05) is 11.1 Å². The van der Waals surface area contributed by atoms with Crippen LogP contribution in [0.3, 0.4) is 0 Å². The number of amides is 2. The molecule has 178 valence electrons. The number of carbonyl (C=O) groups is 2. The van der Waals surface area contributed by atoms with Crippen molar-refractivity contribution in [2.24, 2.45) is 5.73 Å². The first-order chi connectivity index (χ1) is 17.5. The Labute approximate surface area is 207 Å². The third kappa shape index (κ3) is 4.52. The lowest BCUT2D eigenvalue weighted by Crippen LogP contribution is -2.16. The largest absolute Gasteiger partial charge is 0.495 e. The number of nitrogens with zero attached hydrogens (tertiary/aromatic N) is 3. The Morgan fingerprint density at radius 2 is 1.69 bits per heavy atom. The van der Waals surface area contributed by atoms with Crippen LogP contribution in [0, 0.1) is 0 Å². The van der Waals surface area contributed by atoms with E-state index in [2.05, 4.69) is 10.4 Å². The van der Waals surface area contributed by atoms with E-state index < -0.39 is 11.8 Å². The molecule has 8 nitrogen and oxygen atoms in total. The zero-order valence-corrected chi connectivity index (χ0v) is 19.5. The van der Waals surface area contributed by atoms with Crippen LogP contribution in [0.4, 0.5) is 5.69 Å². The molecule has 0 unspecified atom stereocenters. The van der Waals surface area contributed by atoms with Crippen molar-refractivity contribution < 1.29 is 14.3 Å². The maximum absolute atomic E-state index is 13.6. The van der Waals surface area contributed by atoms with E-state index in [0.717, 1.165) is 11.1 Å². The number of rotatable bonds is 7. The standard InChI is InChI=1S/C28H23N5O3/c1-36-25-13-12-20(26(29)34)14-24(25)32-28(35)21-15-23(19-10-6-3-7-11-19)31-27-22(21)16-30-33(27)17-18-8-4-2-5-9-18/h2-16H,17H2,1H3,(H2,29,34)(H,32,35). The molecule has 0 saturated heterocycles. The zero-order chi connectivity index (χ0) is 25.1. The van der Waals surface area contributed by atoms with Crippen molar-refractivity contribution in [1.82, 2.24) is 14.8 Å². The highest BCUT2D eigenvalue weighted by Crippen LogP contribution is 2.29. The van der Waals surface area contributed by atoms with E-state index in [0.29, 0.717) is 40.3 Å². The fourth-order valence-electron chi connectivity index (χ4n) is 4.01. The van der Waals surface area contributed by atoms with Crippen LogP contribution in [-0.2, 0) is 6.54 Å². The van der Waals surface area contributed by atoms with Gasteiger partial charge in [0.25, 0.3) is 5.91 Å². The third-order valence-electron chi connectivity index (χ3n) is 5.83. The average Bonchev–Trinajstić information content (AvgIpc) is 3.31. The van der Waals surface area contributed by atoms with Crippen molar-refractivity contribution in [1.29, 1.82) is 0 Å². The molecule has 3 aromatic carbocycles. The van der Waals surface area contributed by atoms with Crippen LogP contribution < -0.4 is 15.8 Å². The van der Waals surface area contributed by atoms with Gasteiger partial charge in [0.05, 0.1) is 42.2 Å². The molecule has 3 N–H and O–H groups in total. The van der Waals surface area contributed by atoms with Crippen LogP contribution in [0.1, 0.15) is 26.3 Å². The molecule has 2 amide bonds. The first-order valence-corrected chi connectivity index (χ1v) is 11.3. The molecule has 8 heteroatoms. The molecule has 0 bridgehead atoms. The molecule has 0 radical (unpaired) electrons. The molecule has 2 heterocycles. The van der Waals surface area contributed by atoms with Crippen molar-refractivity contribution >= 4 is 28.5 Å². The summed E-state index contributed by atoms with van der Waals surface area (Å²) in [5, 5.41) is 8.01. The maximum atomic E-state index is 13.6. The first-order valence-electron chi connectivity index (χ1n) is 11.3. The Balaban J connectivity index is 1.61. The number of pyridine rings is 1. The van der Waals surface area contributed by atoms with Gasteiger partial charge in [-0.15, -0.1) is 0 Å². The van der Waals surface area contributed by atoms with Gasteiger partial charge in [0.15, 0.2) is 5.65 Å². The van der Waals surface area contributed by atoms with Crippen molar-refractivity contribution in [3.63, 3.8) is 0 Å². The van der Waals surface area contributed by atoms with Gasteiger partial charge in [-0.25, -0.2) is 9.67 Å². The molecule has 0 saturated carbocycles. The number of benzene rings is 3. The van der Waals surface area contributed by atoms with Crippen LogP contribution in [-0.4, -0.2) is 33.7 Å². The van der Waals surface area contributed by atoms with Crippen LogP contribution in [0.5, 0.6) is 5.75 Å². The average molecular weight is 478 g/mol.